The van der Waals surface area contributed by atoms with Crippen LogP contribution in [0.15, 0.2) is 12.1 Å². The standard InChI is InChI=1S/C7H6O5.C4H8O4/c8-4-1-3(7(11)12)2-5(9)6(4)10;1-2(3(5)6)4(7)8/h1-2,8-10H,(H,11,12);2-3,5-6H,1H3,(H,7,8). The Balaban J connectivity index is 0.000000396. The van der Waals surface area contributed by atoms with Gasteiger partial charge in [-0.3, -0.25) is 4.79 Å². The largest absolute Gasteiger partial charge is 0.504 e. The average Bonchev–Trinajstić information content (AvgIpc) is 2.34. The second kappa shape index (κ2) is 7.16. The summed E-state index contributed by atoms with van der Waals surface area (Å²) in [5, 5.41) is 59.3. The Hall–Kier alpha value is -2.52. The fourth-order valence-corrected chi connectivity index (χ4v) is 0.855. The molecule has 0 fully saturated rings. The monoisotopic (exact) mass is 290 g/mol. The first-order chi connectivity index (χ1) is 9.07. The van der Waals surface area contributed by atoms with Crippen molar-refractivity contribution in [2.75, 3.05) is 0 Å². The van der Waals surface area contributed by atoms with Crippen molar-refractivity contribution < 1.29 is 45.3 Å². The molecule has 0 bridgehead atoms. The number of hydrogen-bond donors (Lipinski definition) is 7. The van der Waals surface area contributed by atoms with Crippen LogP contribution in [0, 0.1) is 5.92 Å². The molecule has 0 amide bonds. The number of rotatable bonds is 3. The summed E-state index contributed by atoms with van der Waals surface area (Å²) in [6.07, 6.45) is -1.76. The molecule has 1 aromatic rings. The van der Waals surface area contributed by atoms with E-state index in [1.165, 1.54) is 6.92 Å². The van der Waals surface area contributed by atoms with Gasteiger partial charge < -0.3 is 35.7 Å². The molecule has 0 spiro atoms. The molecule has 0 aliphatic rings. The van der Waals surface area contributed by atoms with E-state index in [1.807, 2.05) is 0 Å². The minimum Gasteiger partial charge on any atom is -0.504 e. The van der Waals surface area contributed by atoms with Gasteiger partial charge in [0.1, 0.15) is 5.92 Å². The average molecular weight is 290 g/mol. The van der Waals surface area contributed by atoms with Crippen molar-refractivity contribution in [1.82, 2.24) is 0 Å². The van der Waals surface area contributed by atoms with Crippen molar-refractivity contribution in [2.45, 2.75) is 13.2 Å². The van der Waals surface area contributed by atoms with Gasteiger partial charge in [-0.15, -0.1) is 0 Å². The Kier molecular flexibility index (Phi) is 6.26. The molecule has 0 aliphatic carbocycles. The summed E-state index contributed by atoms with van der Waals surface area (Å²) in [4.78, 5) is 20.1. The fourth-order valence-electron chi connectivity index (χ4n) is 0.855. The summed E-state index contributed by atoms with van der Waals surface area (Å²) in [5.74, 6) is -5.64. The van der Waals surface area contributed by atoms with Gasteiger partial charge in [0.25, 0.3) is 0 Å². The number of benzene rings is 1. The highest BCUT2D eigenvalue weighted by atomic mass is 16.5. The van der Waals surface area contributed by atoms with Crippen molar-refractivity contribution in [3.8, 4) is 17.2 Å². The fraction of sp³-hybridized carbons (Fsp3) is 0.273. The summed E-state index contributed by atoms with van der Waals surface area (Å²) in [6.45, 7) is 1.22. The van der Waals surface area contributed by atoms with Crippen LogP contribution in [0.5, 0.6) is 17.2 Å². The molecule has 20 heavy (non-hydrogen) atoms. The zero-order valence-electron chi connectivity index (χ0n) is 10.3. The Bertz CT molecular complexity index is 472. The minimum absolute atomic E-state index is 0.289. The quantitative estimate of drug-likeness (QED) is 0.286. The van der Waals surface area contributed by atoms with E-state index in [0.717, 1.165) is 12.1 Å². The molecule has 1 aromatic carbocycles. The number of carbonyl (C=O) groups is 2. The van der Waals surface area contributed by atoms with Gasteiger partial charge in [-0.05, 0) is 19.1 Å². The molecule has 0 saturated heterocycles. The molecule has 0 heterocycles. The van der Waals surface area contributed by atoms with Gasteiger partial charge in [-0.2, -0.15) is 0 Å². The van der Waals surface area contributed by atoms with Crippen LogP contribution in [0.1, 0.15) is 17.3 Å². The van der Waals surface area contributed by atoms with Gasteiger partial charge in [0.15, 0.2) is 23.5 Å². The third kappa shape index (κ3) is 5.00. The molecule has 1 rings (SSSR count). The topological polar surface area (TPSA) is 176 Å². The molecular weight excluding hydrogens is 276 g/mol. The van der Waals surface area contributed by atoms with E-state index < -0.39 is 41.4 Å². The number of aromatic carboxylic acids is 1. The summed E-state index contributed by atoms with van der Waals surface area (Å²) in [5.41, 5.74) is -0.289. The number of aliphatic hydroxyl groups is 2. The second-order valence-corrected chi connectivity index (χ2v) is 3.71. The Morgan fingerprint density at radius 3 is 1.60 bits per heavy atom. The number of aromatic hydroxyl groups is 3. The molecule has 1 atom stereocenters. The van der Waals surface area contributed by atoms with E-state index in [0.29, 0.717) is 0 Å². The zero-order chi connectivity index (χ0) is 16.0. The first-order valence-corrected chi connectivity index (χ1v) is 5.15. The predicted molar refractivity (Wildman–Crippen MR) is 63.4 cm³/mol. The normalized spacial score (nSPS) is 11.4. The molecule has 0 radical (unpaired) electrons. The lowest BCUT2D eigenvalue weighted by atomic mass is 10.2. The van der Waals surface area contributed by atoms with Gasteiger partial charge >= 0.3 is 11.9 Å². The Morgan fingerprint density at radius 2 is 1.40 bits per heavy atom. The van der Waals surface area contributed by atoms with Crippen LogP contribution in [-0.2, 0) is 4.79 Å². The summed E-state index contributed by atoms with van der Waals surface area (Å²) in [6, 6.07) is 1.69. The van der Waals surface area contributed by atoms with Gasteiger partial charge in [-0.25, -0.2) is 4.79 Å². The number of phenolic OH excluding ortho intramolecular Hbond substituents is 3. The molecule has 0 aliphatic heterocycles. The van der Waals surface area contributed by atoms with E-state index in [-0.39, 0.29) is 5.56 Å². The van der Waals surface area contributed by atoms with Crippen LogP contribution in [0.4, 0.5) is 0 Å². The maximum atomic E-state index is 10.3. The van der Waals surface area contributed by atoms with Crippen molar-refractivity contribution in [3.63, 3.8) is 0 Å². The number of aliphatic carboxylic acids is 1. The third-order valence-corrected chi connectivity index (χ3v) is 2.15. The molecule has 112 valence electrons. The highest BCUT2D eigenvalue weighted by molar-refractivity contribution is 5.89. The van der Waals surface area contributed by atoms with Crippen molar-refractivity contribution >= 4 is 11.9 Å². The summed E-state index contributed by atoms with van der Waals surface area (Å²) >= 11 is 0. The maximum absolute atomic E-state index is 10.3. The molecule has 7 N–H and O–H groups in total. The van der Waals surface area contributed by atoms with E-state index >= 15 is 0 Å². The Labute approximate surface area is 112 Å². The van der Waals surface area contributed by atoms with Gasteiger partial charge in [0.05, 0.1) is 5.56 Å². The van der Waals surface area contributed by atoms with E-state index in [1.54, 1.807) is 0 Å². The van der Waals surface area contributed by atoms with E-state index in [2.05, 4.69) is 0 Å². The smallest absolute Gasteiger partial charge is 0.335 e. The van der Waals surface area contributed by atoms with Gasteiger partial charge in [-0.1, -0.05) is 0 Å². The molecule has 0 saturated carbocycles. The third-order valence-electron chi connectivity index (χ3n) is 2.15. The van der Waals surface area contributed by atoms with E-state index in [4.69, 9.17) is 35.7 Å². The van der Waals surface area contributed by atoms with Crippen LogP contribution in [0.3, 0.4) is 0 Å². The van der Waals surface area contributed by atoms with Gasteiger partial charge in [0.2, 0.25) is 0 Å². The number of phenols is 3. The zero-order valence-corrected chi connectivity index (χ0v) is 10.3. The first-order valence-electron chi connectivity index (χ1n) is 5.15. The predicted octanol–water partition coefficient (Wildman–Crippen LogP) is -0.481. The molecule has 9 heteroatoms. The van der Waals surface area contributed by atoms with Crippen molar-refractivity contribution in [1.29, 1.82) is 0 Å². The number of carboxylic acids is 2. The van der Waals surface area contributed by atoms with Crippen molar-refractivity contribution in [3.05, 3.63) is 17.7 Å². The van der Waals surface area contributed by atoms with Crippen LogP contribution in [0.2, 0.25) is 0 Å². The number of hydrogen-bond acceptors (Lipinski definition) is 7. The molecular formula is C11H14O9. The van der Waals surface area contributed by atoms with Crippen LogP contribution in [-0.4, -0.2) is 54.0 Å². The lowest BCUT2D eigenvalue weighted by Crippen LogP contribution is -2.24. The lowest BCUT2D eigenvalue weighted by molar-refractivity contribution is -0.156. The summed E-state index contributed by atoms with van der Waals surface area (Å²) < 4.78 is 0. The van der Waals surface area contributed by atoms with Crippen molar-refractivity contribution in [2.24, 2.45) is 5.92 Å². The van der Waals surface area contributed by atoms with Crippen LogP contribution >= 0.6 is 0 Å². The van der Waals surface area contributed by atoms with E-state index in [9.17, 15) is 9.59 Å². The highest BCUT2D eigenvalue weighted by Crippen LogP contribution is 2.35. The number of carboxylic acid groups (broad SMARTS) is 2. The van der Waals surface area contributed by atoms with Gasteiger partial charge in [0, 0.05) is 0 Å². The molecule has 1 unspecified atom stereocenters. The lowest BCUT2D eigenvalue weighted by Gasteiger charge is -2.05. The van der Waals surface area contributed by atoms with Crippen LogP contribution < -0.4 is 0 Å². The SMILES string of the molecule is CC(C(=O)O)C(O)O.O=C(O)c1cc(O)c(O)c(O)c1. The minimum atomic E-state index is -1.76. The Morgan fingerprint density at radius 1 is 1.00 bits per heavy atom. The second-order valence-electron chi connectivity index (χ2n) is 3.71. The maximum Gasteiger partial charge on any atom is 0.335 e. The number of aliphatic hydroxyl groups excluding tert-OH is 1. The summed E-state index contributed by atoms with van der Waals surface area (Å²) in [7, 11) is 0. The molecule has 0 aromatic heterocycles. The van der Waals surface area contributed by atoms with Crippen LogP contribution in [0.25, 0.3) is 0 Å². The first kappa shape index (κ1) is 17.5. The molecule has 9 nitrogen and oxygen atoms in total. The highest BCUT2D eigenvalue weighted by Gasteiger charge is 2.17.